The fourth-order valence-electron chi connectivity index (χ4n) is 2.82. The molecule has 0 aliphatic heterocycles. The quantitative estimate of drug-likeness (QED) is 0.629. The second-order valence-electron chi connectivity index (χ2n) is 6.48. The molecule has 3 aromatic rings. The Kier molecular flexibility index (Phi) is 6.15. The Morgan fingerprint density at radius 3 is 2.26 bits per heavy atom. The number of hydrogen-bond acceptors (Lipinski definition) is 2. The number of nitrogens with one attached hydrogen (secondary N) is 1. The summed E-state index contributed by atoms with van der Waals surface area (Å²) in [6, 6.07) is 24.9. The van der Waals surface area contributed by atoms with Crippen LogP contribution in [-0.4, -0.2) is 12.0 Å². The molecular formula is C23H22ClNO2. The van der Waals surface area contributed by atoms with Crippen LogP contribution in [0, 0.1) is 6.92 Å². The number of aryl methyl sites for hydroxylation is 1. The van der Waals surface area contributed by atoms with Crippen LogP contribution in [0.3, 0.4) is 0 Å². The van der Waals surface area contributed by atoms with E-state index in [1.165, 1.54) is 5.56 Å². The lowest BCUT2D eigenvalue weighted by Crippen LogP contribution is -2.39. The zero-order chi connectivity index (χ0) is 19.2. The Morgan fingerprint density at radius 1 is 0.926 bits per heavy atom. The second kappa shape index (κ2) is 8.74. The molecule has 27 heavy (non-hydrogen) atoms. The highest BCUT2D eigenvalue weighted by molar-refractivity contribution is 6.30. The third-order valence-corrected chi connectivity index (χ3v) is 4.54. The van der Waals surface area contributed by atoms with Crippen molar-refractivity contribution in [3.63, 3.8) is 0 Å². The lowest BCUT2D eigenvalue weighted by Gasteiger charge is -2.23. The van der Waals surface area contributed by atoms with Gasteiger partial charge in [-0.2, -0.15) is 0 Å². The van der Waals surface area contributed by atoms with E-state index in [2.05, 4.69) is 5.32 Å². The monoisotopic (exact) mass is 379 g/mol. The molecule has 1 N–H and O–H groups in total. The molecule has 0 spiro atoms. The van der Waals surface area contributed by atoms with E-state index >= 15 is 0 Å². The number of halogens is 1. The Bertz CT molecular complexity index is 894. The average Bonchev–Trinajstić information content (AvgIpc) is 2.67. The van der Waals surface area contributed by atoms with E-state index in [1.807, 2.05) is 61.5 Å². The van der Waals surface area contributed by atoms with Crippen LogP contribution >= 0.6 is 11.6 Å². The first kappa shape index (κ1) is 19.0. The zero-order valence-corrected chi connectivity index (χ0v) is 16.1. The molecule has 0 bridgehead atoms. The highest BCUT2D eigenvalue weighted by Gasteiger charge is 2.21. The molecule has 0 unspecified atom stereocenters. The van der Waals surface area contributed by atoms with Gasteiger partial charge in [0.25, 0.3) is 5.91 Å². The van der Waals surface area contributed by atoms with Crippen molar-refractivity contribution in [2.45, 2.75) is 26.0 Å². The van der Waals surface area contributed by atoms with Gasteiger partial charge in [0.2, 0.25) is 0 Å². The van der Waals surface area contributed by atoms with E-state index in [9.17, 15) is 4.79 Å². The van der Waals surface area contributed by atoms with Gasteiger partial charge in [-0.1, -0.05) is 77.8 Å². The predicted octanol–water partition coefficient (Wildman–Crippen LogP) is 5.32. The fraction of sp³-hybridized carbons (Fsp3) is 0.174. The normalized spacial score (nSPS) is 12.9. The molecule has 3 nitrogen and oxygen atoms in total. The maximum atomic E-state index is 12.8. The molecule has 4 heteroatoms. The van der Waals surface area contributed by atoms with Gasteiger partial charge in [-0.05, 0) is 43.2 Å². The van der Waals surface area contributed by atoms with Crippen molar-refractivity contribution in [2.24, 2.45) is 0 Å². The van der Waals surface area contributed by atoms with Crippen LogP contribution in [0.4, 0.5) is 0 Å². The first-order valence-electron chi connectivity index (χ1n) is 8.87. The average molecular weight is 380 g/mol. The van der Waals surface area contributed by atoms with E-state index in [0.29, 0.717) is 10.8 Å². The van der Waals surface area contributed by atoms with Gasteiger partial charge in [-0.25, -0.2) is 0 Å². The molecule has 0 radical (unpaired) electrons. The summed E-state index contributed by atoms with van der Waals surface area (Å²) in [5.74, 6) is 0.376. The van der Waals surface area contributed by atoms with Crippen LogP contribution in [0.15, 0.2) is 78.9 Å². The zero-order valence-electron chi connectivity index (χ0n) is 15.4. The van der Waals surface area contributed by atoms with Crippen LogP contribution in [0.2, 0.25) is 5.02 Å². The molecular weight excluding hydrogens is 358 g/mol. The van der Waals surface area contributed by atoms with Gasteiger partial charge in [0.05, 0.1) is 6.04 Å². The van der Waals surface area contributed by atoms with Crippen molar-refractivity contribution in [3.8, 4) is 5.75 Å². The van der Waals surface area contributed by atoms with Crippen molar-refractivity contribution in [1.29, 1.82) is 0 Å². The van der Waals surface area contributed by atoms with Gasteiger partial charge in [-0.15, -0.1) is 0 Å². The van der Waals surface area contributed by atoms with Crippen molar-refractivity contribution in [3.05, 3.63) is 101 Å². The Hall–Kier alpha value is -2.78. The largest absolute Gasteiger partial charge is 0.481 e. The molecule has 0 fully saturated rings. The Morgan fingerprint density at radius 2 is 1.59 bits per heavy atom. The highest BCUT2D eigenvalue weighted by atomic mass is 35.5. The van der Waals surface area contributed by atoms with Gasteiger partial charge in [0, 0.05) is 5.02 Å². The summed E-state index contributed by atoms with van der Waals surface area (Å²) < 4.78 is 5.75. The number of rotatable bonds is 6. The number of hydrogen-bond donors (Lipinski definition) is 1. The molecule has 0 aliphatic rings. The van der Waals surface area contributed by atoms with Gasteiger partial charge in [0.1, 0.15) is 5.75 Å². The van der Waals surface area contributed by atoms with Gasteiger partial charge in [0.15, 0.2) is 6.10 Å². The third-order valence-electron chi connectivity index (χ3n) is 4.31. The molecule has 1 amide bonds. The van der Waals surface area contributed by atoms with E-state index in [1.54, 1.807) is 31.2 Å². The maximum Gasteiger partial charge on any atom is 0.261 e. The van der Waals surface area contributed by atoms with E-state index < -0.39 is 6.10 Å². The Balaban J connectivity index is 1.79. The number of benzene rings is 3. The standard InChI is InChI=1S/C23H22ClNO2/c1-16-11-13-19(14-12-16)22(18-7-4-3-5-8-18)25-23(26)17(2)27-21-10-6-9-20(24)15-21/h3-15,17,22H,1-2H3,(H,25,26)/t17-,22+/m0/s1. The number of carbonyl (C=O) groups excluding carboxylic acids is 1. The SMILES string of the molecule is Cc1ccc([C@H](NC(=O)[C@H](C)Oc2cccc(Cl)c2)c2ccccc2)cc1. The van der Waals surface area contributed by atoms with Crippen molar-refractivity contribution < 1.29 is 9.53 Å². The van der Waals surface area contributed by atoms with Gasteiger partial charge < -0.3 is 10.1 Å². The smallest absolute Gasteiger partial charge is 0.261 e. The first-order chi connectivity index (χ1) is 13.0. The predicted molar refractivity (Wildman–Crippen MR) is 109 cm³/mol. The molecule has 0 saturated heterocycles. The molecule has 138 valence electrons. The molecule has 2 atom stereocenters. The summed E-state index contributed by atoms with van der Waals surface area (Å²) in [6.07, 6.45) is -0.653. The summed E-state index contributed by atoms with van der Waals surface area (Å²) >= 11 is 5.98. The van der Waals surface area contributed by atoms with E-state index in [4.69, 9.17) is 16.3 Å². The fourth-order valence-corrected chi connectivity index (χ4v) is 3.00. The van der Waals surface area contributed by atoms with E-state index in [0.717, 1.165) is 11.1 Å². The molecule has 0 heterocycles. The number of ether oxygens (including phenoxy) is 1. The van der Waals surface area contributed by atoms with Crippen LogP contribution in [0.25, 0.3) is 0 Å². The summed E-state index contributed by atoms with van der Waals surface area (Å²) in [5.41, 5.74) is 3.22. The Labute approximate surface area is 164 Å². The maximum absolute atomic E-state index is 12.8. The second-order valence-corrected chi connectivity index (χ2v) is 6.92. The molecule has 0 aliphatic carbocycles. The third kappa shape index (κ3) is 5.11. The van der Waals surface area contributed by atoms with Crippen LogP contribution in [0.5, 0.6) is 5.75 Å². The first-order valence-corrected chi connectivity index (χ1v) is 9.25. The lowest BCUT2D eigenvalue weighted by molar-refractivity contribution is -0.127. The summed E-state index contributed by atoms with van der Waals surface area (Å²) in [4.78, 5) is 12.8. The molecule has 0 saturated carbocycles. The lowest BCUT2D eigenvalue weighted by atomic mass is 9.97. The minimum absolute atomic E-state index is 0.190. The number of carbonyl (C=O) groups is 1. The minimum atomic E-state index is -0.653. The molecule has 0 aromatic heterocycles. The van der Waals surface area contributed by atoms with Crippen LogP contribution in [-0.2, 0) is 4.79 Å². The van der Waals surface area contributed by atoms with Crippen LogP contribution < -0.4 is 10.1 Å². The van der Waals surface area contributed by atoms with Gasteiger partial charge in [-0.3, -0.25) is 4.79 Å². The summed E-state index contributed by atoms with van der Waals surface area (Å²) in [5, 5.41) is 3.68. The van der Waals surface area contributed by atoms with Crippen molar-refractivity contribution >= 4 is 17.5 Å². The summed E-state index contributed by atoms with van der Waals surface area (Å²) in [7, 11) is 0. The highest BCUT2D eigenvalue weighted by Crippen LogP contribution is 2.23. The topological polar surface area (TPSA) is 38.3 Å². The minimum Gasteiger partial charge on any atom is -0.481 e. The van der Waals surface area contributed by atoms with Crippen molar-refractivity contribution in [1.82, 2.24) is 5.32 Å². The molecule has 3 aromatic carbocycles. The van der Waals surface area contributed by atoms with Crippen molar-refractivity contribution in [2.75, 3.05) is 0 Å². The number of amides is 1. The summed E-state index contributed by atoms with van der Waals surface area (Å²) in [6.45, 7) is 3.77. The van der Waals surface area contributed by atoms with E-state index in [-0.39, 0.29) is 11.9 Å². The van der Waals surface area contributed by atoms with Crippen LogP contribution in [0.1, 0.15) is 29.7 Å². The van der Waals surface area contributed by atoms with Gasteiger partial charge >= 0.3 is 0 Å². The molecule has 3 rings (SSSR count).